The molecule has 1 N–H and O–H groups in total. The molecule has 3 unspecified atom stereocenters. The molecule has 1 aromatic heterocycles. The molecule has 0 amide bonds. The first kappa shape index (κ1) is 14.8. The Morgan fingerprint density at radius 2 is 2.10 bits per heavy atom. The van der Waals surface area contributed by atoms with Crippen molar-refractivity contribution in [3.63, 3.8) is 0 Å². The van der Waals surface area contributed by atoms with Crippen molar-refractivity contribution in [3.05, 3.63) is 22.9 Å². The number of hydrogen-bond acceptors (Lipinski definition) is 3. The highest BCUT2D eigenvalue weighted by atomic mass is 15.2. The molecule has 2 bridgehead atoms. The third-order valence-corrected chi connectivity index (χ3v) is 5.56. The lowest BCUT2D eigenvalue weighted by Crippen LogP contribution is -2.30. The summed E-state index contributed by atoms with van der Waals surface area (Å²) in [5.74, 6) is 4.08. The largest absolute Gasteiger partial charge is 0.359 e. The van der Waals surface area contributed by atoms with Crippen LogP contribution in [0.4, 0.5) is 5.82 Å². The summed E-state index contributed by atoms with van der Waals surface area (Å²) in [6.07, 6.45) is 5.88. The predicted octanol–water partition coefficient (Wildman–Crippen LogP) is 3.29. The van der Waals surface area contributed by atoms with Crippen molar-refractivity contribution in [2.24, 2.45) is 17.8 Å². The minimum absolute atomic E-state index is 0.888. The van der Waals surface area contributed by atoms with Crippen LogP contribution in [-0.4, -0.2) is 25.6 Å². The van der Waals surface area contributed by atoms with Gasteiger partial charge in [0.15, 0.2) is 0 Å². The van der Waals surface area contributed by atoms with E-state index >= 15 is 0 Å². The highest BCUT2D eigenvalue weighted by Crippen LogP contribution is 2.48. The van der Waals surface area contributed by atoms with E-state index in [1.54, 1.807) is 0 Å². The van der Waals surface area contributed by atoms with Gasteiger partial charge in [-0.25, -0.2) is 4.98 Å². The standard InChI is InChI=1S/C18H29N3/c1-12-7-13(2)20-18(17(12)10-19-3)21(4)11-16-9-14-5-6-15(16)8-14/h7,14-16,19H,5-6,8-11H2,1-4H3. The van der Waals surface area contributed by atoms with Gasteiger partial charge in [-0.3, -0.25) is 0 Å². The second-order valence-electron chi connectivity index (χ2n) is 7.23. The highest BCUT2D eigenvalue weighted by Gasteiger charge is 2.39. The number of nitrogens with one attached hydrogen (secondary N) is 1. The third-order valence-electron chi connectivity index (χ3n) is 5.56. The summed E-state index contributed by atoms with van der Waals surface area (Å²) in [6, 6.07) is 2.20. The lowest BCUT2D eigenvalue weighted by Gasteiger charge is -2.29. The zero-order valence-electron chi connectivity index (χ0n) is 13.9. The molecule has 0 aliphatic heterocycles. The molecule has 1 aromatic rings. The van der Waals surface area contributed by atoms with Crippen LogP contribution in [0.3, 0.4) is 0 Å². The van der Waals surface area contributed by atoms with Crippen LogP contribution in [0.2, 0.25) is 0 Å². The van der Waals surface area contributed by atoms with E-state index in [0.29, 0.717) is 0 Å². The molecule has 21 heavy (non-hydrogen) atoms. The number of hydrogen-bond donors (Lipinski definition) is 1. The summed E-state index contributed by atoms with van der Waals surface area (Å²) in [4.78, 5) is 7.26. The summed E-state index contributed by atoms with van der Waals surface area (Å²) in [5.41, 5.74) is 3.84. The zero-order chi connectivity index (χ0) is 15.0. The minimum atomic E-state index is 0.888. The fourth-order valence-electron chi connectivity index (χ4n) is 4.59. The molecule has 0 saturated heterocycles. The van der Waals surface area contributed by atoms with E-state index in [9.17, 15) is 0 Å². The van der Waals surface area contributed by atoms with Crippen molar-refractivity contribution < 1.29 is 0 Å². The van der Waals surface area contributed by atoms with E-state index in [2.05, 4.69) is 37.2 Å². The molecule has 3 rings (SSSR count). The topological polar surface area (TPSA) is 28.2 Å². The van der Waals surface area contributed by atoms with E-state index in [-0.39, 0.29) is 0 Å². The maximum atomic E-state index is 4.84. The number of fused-ring (bicyclic) bond motifs is 2. The lowest BCUT2D eigenvalue weighted by atomic mass is 9.88. The van der Waals surface area contributed by atoms with Crippen LogP contribution in [0.15, 0.2) is 6.07 Å². The van der Waals surface area contributed by atoms with Crippen molar-refractivity contribution in [3.8, 4) is 0 Å². The van der Waals surface area contributed by atoms with Crippen LogP contribution < -0.4 is 10.2 Å². The summed E-state index contributed by atoms with van der Waals surface area (Å²) in [7, 11) is 4.24. The molecule has 3 nitrogen and oxygen atoms in total. The van der Waals surface area contributed by atoms with Crippen LogP contribution >= 0.6 is 0 Å². The highest BCUT2D eigenvalue weighted by molar-refractivity contribution is 5.51. The molecule has 0 spiro atoms. The fraction of sp³-hybridized carbons (Fsp3) is 0.722. The molecule has 3 heteroatoms. The average molecular weight is 287 g/mol. The molecule has 116 valence electrons. The van der Waals surface area contributed by atoms with Gasteiger partial charge in [-0.15, -0.1) is 0 Å². The van der Waals surface area contributed by atoms with Gasteiger partial charge in [0.1, 0.15) is 5.82 Å². The Labute approximate surface area is 129 Å². The van der Waals surface area contributed by atoms with Gasteiger partial charge in [-0.05, 0) is 69.5 Å². The monoisotopic (exact) mass is 287 g/mol. The van der Waals surface area contributed by atoms with Gasteiger partial charge >= 0.3 is 0 Å². The second-order valence-corrected chi connectivity index (χ2v) is 7.23. The molecule has 2 aliphatic rings. The van der Waals surface area contributed by atoms with Gasteiger partial charge < -0.3 is 10.2 Å². The number of anilines is 1. The Hall–Kier alpha value is -1.09. The quantitative estimate of drug-likeness (QED) is 0.900. The fourth-order valence-corrected chi connectivity index (χ4v) is 4.59. The summed E-state index contributed by atoms with van der Waals surface area (Å²) >= 11 is 0. The SMILES string of the molecule is CNCc1c(C)cc(C)nc1N(C)CC1CC2CCC1C2. The molecule has 1 heterocycles. The third kappa shape index (κ3) is 2.94. The van der Waals surface area contributed by atoms with Crippen molar-refractivity contribution in [1.82, 2.24) is 10.3 Å². The number of rotatable bonds is 5. The molecular formula is C18H29N3. The first-order valence-electron chi connectivity index (χ1n) is 8.41. The summed E-state index contributed by atoms with van der Waals surface area (Å²) in [5, 5.41) is 3.29. The van der Waals surface area contributed by atoms with E-state index in [4.69, 9.17) is 4.98 Å². The number of nitrogens with zero attached hydrogens (tertiary/aromatic N) is 2. The number of aryl methyl sites for hydroxylation is 2. The maximum absolute atomic E-state index is 4.84. The smallest absolute Gasteiger partial charge is 0.133 e. The predicted molar refractivity (Wildman–Crippen MR) is 88.7 cm³/mol. The van der Waals surface area contributed by atoms with Crippen molar-refractivity contribution in [2.45, 2.75) is 46.1 Å². The maximum Gasteiger partial charge on any atom is 0.133 e. The average Bonchev–Trinajstić information content (AvgIpc) is 3.04. The Balaban J connectivity index is 1.78. The van der Waals surface area contributed by atoms with Gasteiger partial charge in [0.05, 0.1) is 0 Å². The van der Waals surface area contributed by atoms with Gasteiger partial charge in [0, 0.05) is 31.4 Å². The first-order valence-corrected chi connectivity index (χ1v) is 8.41. The minimum Gasteiger partial charge on any atom is -0.359 e. The first-order chi connectivity index (χ1) is 10.1. The molecular weight excluding hydrogens is 258 g/mol. The van der Waals surface area contributed by atoms with Crippen LogP contribution in [0.5, 0.6) is 0 Å². The van der Waals surface area contributed by atoms with Crippen LogP contribution in [0, 0.1) is 31.6 Å². The Morgan fingerprint density at radius 1 is 1.29 bits per heavy atom. The van der Waals surface area contributed by atoms with Crippen LogP contribution in [0.25, 0.3) is 0 Å². The van der Waals surface area contributed by atoms with E-state index in [1.807, 2.05) is 7.05 Å². The molecule has 0 aromatic carbocycles. The number of pyridine rings is 1. The molecule has 3 atom stereocenters. The van der Waals surface area contributed by atoms with Gasteiger partial charge in [-0.1, -0.05) is 6.42 Å². The Morgan fingerprint density at radius 3 is 2.71 bits per heavy atom. The summed E-state index contributed by atoms with van der Waals surface area (Å²) < 4.78 is 0. The van der Waals surface area contributed by atoms with Crippen LogP contribution in [-0.2, 0) is 6.54 Å². The van der Waals surface area contributed by atoms with Crippen molar-refractivity contribution >= 4 is 5.82 Å². The van der Waals surface area contributed by atoms with Crippen molar-refractivity contribution in [2.75, 3.05) is 25.5 Å². The van der Waals surface area contributed by atoms with Crippen LogP contribution in [0.1, 0.15) is 42.5 Å². The normalized spacial score (nSPS) is 27.3. The summed E-state index contributed by atoms with van der Waals surface area (Å²) in [6.45, 7) is 6.38. The van der Waals surface area contributed by atoms with Gasteiger partial charge in [-0.2, -0.15) is 0 Å². The molecule has 0 radical (unpaired) electrons. The lowest BCUT2D eigenvalue weighted by molar-refractivity contribution is 0.337. The van der Waals surface area contributed by atoms with E-state index in [0.717, 1.165) is 30.0 Å². The van der Waals surface area contributed by atoms with Gasteiger partial charge in [0.25, 0.3) is 0 Å². The Bertz CT molecular complexity index is 511. The van der Waals surface area contributed by atoms with Crippen molar-refractivity contribution in [1.29, 1.82) is 0 Å². The van der Waals surface area contributed by atoms with Gasteiger partial charge in [0.2, 0.25) is 0 Å². The molecule has 2 fully saturated rings. The van der Waals surface area contributed by atoms with E-state index in [1.165, 1.54) is 49.2 Å². The number of aromatic nitrogens is 1. The molecule has 2 aliphatic carbocycles. The molecule has 2 saturated carbocycles. The zero-order valence-corrected chi connectivity index (χ0v) is 13.9. The Kier molecular flexibility index (Phi) is 4.21. The van der Waals surface area contributed by atoms with E-state index < -0.39 is 0 Å². The second kappa shape index (κ2) is 5.96.